The zero-order valence-electron chi connectivity index (χ0n) is 84.0. The third kappa shape index (κ3) is 22.3. The van der Waals surface area contributed by atoms with Gasteiger partial charge in [0.05, 0.1) is 58.6 Å². The third-order valence-corrected chi connectivity index (χ3v) is 30.7. The molecule has 10 aromatic rings. The topological polar surface area (TPSA) is 357 Å². The monoisotopic (exact) mass is 1950 g/mol. The number of ketones is 14. The number of carbonyl (C=O) groups is 14. The van der Waals surface area contributed by atoms with E-state index >= 15 is 0 Å². The van der Waals surface area contributed by atoms with Crippen molar-refractivity contribution in [1.82, 2.24) is 29.9 Å². The number of nitrogens with one attached hydrogen (secondary N) is 1. The van der Waals surface area contributed by atoms with Crippen LogP contribution in [0.15, 0.2) is 310 Å². The lowest BCUT2D eigenvalue weighted by Crippen LogP contribution is -2.22. The Hall–Kier alpha value is -14.7. The molecule has 7 heterocycles. The summed E-state index contributed by atoms with van der Waals surface area (Å²) in [5, 5.41) is 2.76. The van der Waals surface area contributed by atoms with Crippen LogP contribution in [0.5, 0.6) is 0 Å². The van der Waals surface area contributed by atoms with Gasteiger partial charge in [-0.15, -0.1) is 34.0 Å². The average Bonchev–Trinajstić information content (AvgIpc) is 1.69. The van der Waals surface area contributed by atoms with Crippen LogP contribution in [0.25, 0.3) is 42.6 Å². The molecule has 5 aromatic heterocycles. The second-order valence-electron chi connectivity index (χ2n) is 36.5. The van der Waals surface area contributed by atoms with Crippen molar-refractivity contribution >= 4 is 175 Å². The molecule has 0 bridgehead atoms. The first kappa shape index (κ1) is 105. The Labute approximate surface area is 836 Å². The fourth-order valence-electron chi connectivity index (χ4n) is 17.5. The molecule has 724 valence electrons. The molecule has 2 aliphatic heterocycles. The van der Waals surface area contributed by atoms with Crippen LogP contribution in [0.3, 0.4) is 0 Å². The molecular weight excluding hydrogens is 1840 g/mol. The molecule has 7 aliphatic carbocycles. The van der Waals surface area contributed by atoms with E-state index in [4.69, 9.17) is 4.42 Å². The molecule has 0 spiro atoms. The predicted molar refractivity (Wildman–Crippen MR) is 559 cm³/mol. The number of imidazole rings is 1. The smallest absolute Gasteiger partial charge is 0.200 e. The molecule has 0 saturated heterocycles. The van der Waals surface area contributed by atoms with Gasteiger partial charge in [0, 0.05) is 236 Å². The summed E-state index contributed by atoms with van der Waals surface area (Å²) in [5.74, 6) is 0.989. The SMILES string of the molecule is CC1=C(C)C(=O)C(CC2=NC=CC2)=C(C)C1=O.CC1=C(C)C(=O)C(CC2=Nc3ccccc3C2)=C(C)C1=O.CC1=C(C)C(=O)C(CCc2nc3ccccc3[nH]2)=C(C)C1=O.CC1=C(C)C(=O)C(CCc2nc3ccccc3s2)=C(C)C1=O.CC1=C(C)C(=O)C(Cc2nc3ccccc3o2)=C(C)C1=O.CC1=C(C)C(=O)C(Cc2nc3ccccc3s2)=C(C)C1=O.CC1=C(C)C(=O)C(Cc2ncc(C)s2)=C(C)C1=O. The quantitative estimate of drug-likeness (QED) is 0.0878. The van der Waals surface area contributed by atoms with Crippen molar-refractivity contribution in [3.05, 3.63) is 333 Å². The number of rotatable bonds is 16. The van der Waals surface area contributed by atoms with Gasteiger partial charge in [0.1, 0.15) is 11.3 Å². The van der Waals surface area contributed by atoms with Crippen LogP contribution < -0.4 is 0 Å². The predicted octanol–water partition coefficient (Wildman–Crippen LogP) is 23.0. The Morgan fingerprint density at radius 1 is 0.296 bits per heavy atom. The van der Waals surface area contributed by atoms with Gasteiger partial charge in [0.2, 0.25) is 0 Å². The van der Waals surface area contributed by atoms with Crippen LogP contribution in [0, 0.1) is 6.92 Å². The number of aromatic nitrogens is 6. The molecule has 26 heteroatoms. The van der Waals surface area contributed by atoms with Gasteiger partial charge in [-0.05, 0) is 225 Å². The fraction of sp³-hybridized carbons (Fsp3) is 0.284. The van der Waals surface area contributed by atoms with Crippen molar-refractivity contribution < 1.29 is 71.5 Å². The summed E-state index contributed by atoms with van der Waals surface area (Å²) in [7, 11) is 0. The number of H-pyrrole nitrogens is 1. The number of aryl methyl sites for hydroxylation is 3. The van der Waals surface area contributed by atoms with Gasteiger partial charge in [0.25, 0.3) is 0 Å². The van der Waals surface area contributed by atoms with E-state index in [1.165, 1.54) is 5.56 Å². The number of hydrogen-bond acceptors (Lipinski definition) is 25. The van der Waals surface area contributed by atoms with Gasteiger partial charge in [0.15, 0.2) is 92.4 Å². The first-order valence-electron chi connectivity index (χ1n) is 46.9. The molecule has 23 nitrogen and oxygen atoms in total. The van der Waals surface area contributed by atoms with Crippen molar-refractivity contribution in [1.29, 1.82) is 0 Å². The molecule has 0 unspecified atom stereocenters. The summed E-state index contributed by atoms with van der Waals surface area (Å²) in [5.41, 5.74) is 25.3. The van der Waals surface area contributed by atoms with E-state index in [0.717, 1.165) is 92.7 Å². The Balaban J connectivity index is 0.000000139. The average molecular weight is 1950 g/mol. The minimum atomic E-state index is -0.0909. The molecule has 0 radical (unpaired) electrons. The molecule has 9 aliphatic rings. The second kappa shape index (κ2) is 44.4. The zero-order valence-corrected chi connectivity index (χ0v) is 86.5. The highest BCUT2D eigenvalue weighted by atomic mass is 32.1. The molecule has 142 heavy (non-hydrogen) atoms. The first-order chi connectivity index (χ1) is 67.4. The summed E-state index contributed by atoms with van der Waals surface area (Å²) in [6.45, 7) is 38.1. The summed E-state index contributed by atoms with van der Waals surface area (Å²) in [4.78, 5) is 207. The highest BCUT2D eigenvalue weighted by Gasteiger charge is 2.37. The molecule has 0 fully saturated rings. The summed E-state index contributed by atoms with van der Waals surface area (Å²) in [6.07, 6.45) is 11.5. The molecular formula is C116H112N8O15S3. The van der Waals surface area contributed by atoms with E-state index in [0.29, 0.717) is 219 Å². The number of thiazole rings is 3. The van der Waals surface area contributed by atoms with Gasteiger partial charge in [-0.25, -0.2) is 24.9 Å². The lowest BCUT2D eigenvalue weighted by Gasteiger charge is -2.18. The van der Waals surface area contributed by atoms with Gasteiger partial charge >= 0.3 is 0 Å². The van der Waals surface area contributed by atoms with Crippen LogP contribution in [-0.4, -0.2) is 122 Å². The molecule has 0 amide bonds. The minimum Gasteiger partial charge on any atom is -0.440 e. The van der Waals surface area contributed by atoms with E-state index in [1.54, 1.807) is 192 Å². The van der Waals surface area contributed by atoms with Crippen molar-refractivity contribution in [2.24, 2.45) is 9.98 Å². The van der Waals surface area contributed by atoms with E-state index < -0.39 is 0 Å². The molecule has 0 saturated carbocycles. The number of oxazole rings is 1. The highest BCUT2D eigenvalue weighted by Crippen LogP contribution is 2.38. The largest absolute Gasteiger partial charge is 0.440 e. The minimum absolute atomic E-state index is 0.00333. The van der Waals surface area contributed by atoms with Crippen molar-refractivity contribution in [2.75, 3.05) is 0 Å². The van der Waals surface area contributed by atoms with Crippen molar-refractivity contribution in [3.8, 4) is 0 Å². The maximum Gasteiger partial charge on any atom is 0.200 e. The Morgan fingerprint density at radius 3 is 1.06 bits per heavy atom. The highest BCUT2D eigenvalue weighted by molar-refractivity contribution is 7.19. The number of aliphatic imine (C=N–C) groups is 2. The number of aromatic amines is 1. The molecule has 19 rings (SSSR count). The number of para-hydroxylation sites is 7. The Kier molecular flexibility index (Phi) is 32.7. The maximum atomic E-state index is 12.4. The van der Waals surface area contributed by atoms with E-state index in [-0.39, 0.29) is 87.4 Å². The van der Waals surface area contributed by atoms with Gasteiger partial charge in [-0.1, -0.05) is 72.8 Å². The van der Waals surface area contributed by atoms with Gasteiger partial charge in [-0.2, -0.15) is 0 Å². The van der Waals surface area contributed by atoms with Crippen molar-refractivity contribution in [2.45, 2.75) is 223 Å². The van der Waals surface area contributed by atoms with Crippen LogP contribution in [-0.2, 0) is 106 Å². The first-order valence-corrected chi connectivity index (χ1v) is 49.3. The summed E-state index contributed by atoms with van der Waals surface area (Å²) >= 11 is 4.79. The number of benzene rings is 5. The molecule has 0 atom stereocenters. The normalized spacial score (nSPS) is 17.1. The van der Waals surface area contributed by atoms with Gasteiger partial charge < -0.3 is 9.40 Å². The standard InChI is InChI=1S/C18H18N2O2.C18H17NO2S.C18H17NO2.C17H15NO3.C17H15NO2S.C14H15NO2S.C14H15NO2/c1-10-11(2)18(22)13(12(3)17(10)21)8-9-16-19-14-6-4-5-7-15(14)20-16;1-10-11(2)18(21)13(12(3)17(10)20)8-9-16-19-14-6-4-5-7-15(14)22-16;1-10-11(2)18(21)15(12(3)17(10)20)9-14-8-13-6-4-5-7-16(13)19-14;2*1-9-10(2)17(20)12(11(3)16(9)19)8-15-18-13-6-4-5-7-14(13)21-15;1-7-6-15-12(18-7)5-11-10(4)13(16)8(2)9(3)14(11)17;1-8-9(2)14(17)12(10(3)13(8)16)7-11-5-4-6-15-11/h4-7H,8-9H2,1-3H3,(H,19,20);4-7H,8-9H2,1-3H3;4-7H,8-9H2,1-3H3;2*4-7H,8H2,1-3H3;6H,5H2,1-4H3;4,6H,5,7H2,1-3H3. The Bertz CT molecular complexity index is 7410. The van der Waals surface area contributed by atoms with Crippen LogP contribution in [0.1, 0.15) is 215 Å². The number of hydrogen-bond donors (Lipinski definition) is 1. The number of fused-ring (bicyclic) bond motifs is 5. The van der Waals surface area contributed by atoms with E-state index in [1.807, 2.05) is 128 Å². The van der Waals surface area contributed by atoms with E-state index in [2.05, 4.69) is 46.0 Å². The second-order valence-corrected chi connectivity index (χ2v) is 40.1. The van der Waals surface area contributed by atoms with Crippen LogP contribution in [0.4, 0.5) is 5.69 Å². The Morgan fingerprint density at radius 2 is 0.648 bits per heavy atom. The van der Waals surface area contributed by atoms with E-state index in [9.17, 15) is 67.1 Å². The van der Waals surface area contributed by atoms with Crippen LogP contribution >= 0.6 is 34.0 Å². The number of Topliss-reactive ketones (excluding diaryl/α,β-unsaturated/α-hetero) is 14. The summed E-state index contributed by atoms with van der Waals surface area (Å²) in [6, 6.07) is 39.1. The number of carbonyl (C=O) groups excluding carboxylic acids is 14. The number of allylic oxidation sites excluding steroid dienone is 29. The van der Waals surface area contributed by atoms with Crippen LogP contribution in [0.2, 0.25) is 0 Å². The number of nitrogens with zero attached hydrogens (tertiary/aromatic N) is 7. The molecule has 1 N–H and O–H groups in total. The summed E-state index contributed by atoms with van der Waals surface area (Å²) < 4.78 is 7.89. The van der Waals surface area contributed by atoms with Gasteiger partial charge in [-0.3, -0.25) is 77.1 Å². The fourth-order valence-corrected chi connectivity index (χ4v) is 20.3. The lowest BCUT2D eigenvalue weighted by atomic mass is 9.83. The van der Waals surface area contributed by atoms with Crippen molar-refractivity contribution in [3.63, 3.8) is 0 Å². The zero-order chi connectivity index (χ0) is 103. The molecule has 5 aromatic carbocycles. The maximum absolute atomic E-state index is 12.4. The third-order valence-electron chi connectivity index (χ3n) is 27.6. The lowest BCUT2D eigenvalue weighted by molar-refractivity contribution is -0.116.